The molecule has 6 heteroatoms. The van der Waals surface area contributed by atoms with Gasteiger partial charge in [0.1, 0.15) is 0 Å². The Bertz CT molecular complexity index is 235. The molecule has 1 unspecified atom stereocenters. The number of carbonyl (C=O) groups excluding carboxylic acids is 2. The Labute approximate surface area is 94.3 Å². The van der Waals surface area contributed by atoms with Crippen LogP contribution in [-0.2, 0) is 19.0 Å². The normalized spacial score (nSPS) is 17.9. The molecule has 1 fully saturated rings. The molecule has 1 aliphatic heterocycles. The van der Waals surface area contributed by atoms with Crippen molar-refractivity contribution in [1.29, 1.82) is 0 Å². The lowest BCUT2D eigenvalue weighted by Crippen LogP contribution is -2.14. The van der Waals surface area contributed by atoms with Gasteiger partial charge in [-0.15, -0.1) is 0 Å². The molecule has 1 heterocycles. The topological polar surface area (TPSA) is 87.8 Å². The zero-order valence-electron chi connectivity index (χ0n) is 9.31. The molecule has 16 heavy (non-hydrogen) atoms. The van der Waals surface area contributed by atoms with Gasteiger partial charge in [-0.05, 0) is 13.3 Å². The fraction of sp³-hybridized carbons (Fsp3) is 0.600. The lowest BCUT2D eigenvalue weighted by Gasteiger charge is -2.07. The summed E-state index contributed by atoms with van der Waals surface area (Å²) >= 11 is 0. The zero-order valence-corrected chi connectivity index (χ0v) is 9.31. The third kappa shape index (κ3) is 7.81. The molecule has 0 radical (unpaired) electrons. The van der Waals surface area contributed by atoms with Crippen LogP contribution in [0.2, 0.25) is 0 Å². The lowest BCUT2D eigenvalue weighted by molar-refractivity contribution is -0.163. The van der Waals surface area contributed by atoms with E-state index in [-0.39, 0.29) is 6.29 Å². The van der Waals surface area contributed by atoms with Crippen molar-refractivity contribution in [2.24, 2.45) is 5.73 Å². The Kier molecular flexibility index (Phi) is 7.87. The van der Waals surface area contributed by atoms with Crippen LogP contribution < -0.4 is 5.73 Å². The average Bonchev–Trinajstić information content (AvgIpc) is 2.71. The predicted molar refractivity (Wildman–Crippen MR) is 56.5 cm³/mol. The second-order valence-corrected chi connectivity index (χ2v) is 2.84. The van der Waals surface area contributed by atoms with E-state index in [0.29, 0.717) is 13.2 Å². The average molecular weight is 231 g/mol. The predicted octanol–water partition coefficient (Wildman–Crippen LogP) is 0.954. The van der Waals surface area contributed by atoms with E-state index in [9.17, 15) is 9.59 Å². The number of hydrogen-bond acceptors (Lipinski definition) is 5. The van der Waals surface area contributed by atoms with Crippen molar-refractivity contribution >= 4 is 12.1 Å². The largest absolute Gasteiger partial charge is 0.450 e. The summed E-state index contributed by atoms with van der Waals surface area (Å²) < 4.78 is 14.0. The molecule has 0 aromatic rings. The number of carbonyl (C=O) groups is 2. The van der Waals surface area contributed by atoms with E-state index in [1.165, 1.54) is 0 Å². The van der Waals surface area contributed by atoms with Gasteiger partial charge in [0.2, 0.25) is 6.29 Å². The first-order valence-electron chi connectivity index (χ1n) is 4.97. The van der Waals surface area contributed by atoms with Crippen LogP contribution in [0, 0.1) is 0 Å². The van der Waals surface area contributed by atoms with Crippen molar-refractivity contribution in [1.82, 2.24) is 0 Å². The van der Waals surface area contributed by atoms with Gasteiger partial charge >= 0.3 is 12.1 Å². The molecule has 6 nitrogen and oxygen atoms in total. The van der Waals surface area contributed by atoms with Gasteiger partial charge in [-0.1, -0.05) is 6.58 Å². The van der Waals surface area contributed by atoms with Gasteiger partial charge in [-0.3, -0.25) is 0 Å². The minimum Gasteiger partial charge on any atom is -0.450 e. The maximum absolute atomic E-state index is 10.5. The van der Waals surface area contributed by atoms with Crippen LogP contribution in [0.25, 0.3) is 0 Å². The molecule has 0 aromatic heterocycles. The number of amides is 1. The molecular formula is C10H17NO5. The van der Waals surface area contributed by atoms with Crippen LogP contribution in [0.5, 0.6) is 0 Å². The molecule has 0 saturated carbocycles. The van der Waals surface area contributed by atoms with Gasteiger partial charge in [-0.25, -0.2) is 9.59 Å². The number of ether oxygens (including phenoxy) is 3. The summed E-state index contributed by atoms with van der Waals surface area (Å²) in [5.41, 5.74) is 4.54. The minimum atomic E-state index is -0.711. The Balaban J connectivity index is 0.000000325. The van der Waals surface area contributed by atoms with E-state index in [1.807, 2.05) is 0 Å². The smallest absolute Gasteiger partial charge is 0.404 e. The standard InChI is InChI=1S/C7H10O3.C3H7NO2/c1-2-6(8)10-7-4-3-5-9-7;1-2-6-3(4)5/h2,7H,1,3-5H2;2H2,1H3,(H2,4,5). The van der Waals surface area contributed by atoms with E-state index < -0.39 is 12.1 Å². The maximum Gasteiger partial charge on any atom is 0.404 e. The molecular weight excluding hydrogens is 214 g/mol. The lowest BCUT2D eigenvalue weighted by atomic mass is 10.4. The quantitative estimate of drug-likeness (QED) is 0.577. The second-order valence-electron chi connectivity index (χ2n) is 2.84. The molecule has 0 aromatic carbocycles. The highest BCUT2D eigenvalue weighted by Gasteiger charge is 2.17. The highest BCUT2D eigenvalue weighted by Crippen LogP contribution is 2.12. The highest BCUT2D eigenvalue weighted by atomic mass is 16.7. The fourth-order valence-corrected chi connectivity index (χ4v) is 0.961. The summed E-state index contributed by atoms with van der Waals surface area (Å²) in [5, 5.41) is 0. The van der Waals surface area contributed by atoms with Crippen molar-refractivity contribution in [3.8, 4) is 0 Å². The molecule has 1 saturated heterocycles. The van der Waals surface area contributed by atoms with Crippen LogP contribution in [0.3, 0.4) is 0 Å². The summed E-state index contributed by atoms with van der Waals surface area (Å²) in [6, 6.07) is 0. The van der Waals surface area contributed by atoms with Crippen LogP contribution in [0.15, 0.2) is 12.7 Å². The van der Waals surface area contributed by atoms with Crippen molar-refractivity contribution in [2.75, 3.05) is 13.2 Å². The number of hydrogen-bond donors (Lipinski definition) is 1. The van der Waals surface area contributed by atoms with E-state index in [4.69, 9.17) is 9.47 Å². The molecule has 1 aliphatic rings. The second kappa shape index (κ2) is 8.72. The first-order valence-corrected chi connectivity index (χ1v) is 4.97. The van der Waals surface area contributed by atoms with Gasteiger partial charge in [0.25, 0.3) is 0 Å². The van der Waals surface area contributed by atoms with E-state index in [2.05, 4.69) is 17.0 Å². The molecule has 0 spiro atoms. The molecule has 0 bridgehead atoms. The maximum atomic E-state index is 10.5. The third-order valence-corrected chi connectivity index (χ3v) is 1.59. The summed E-state index contributed by atoms with van der Waals surface area (Å²) in [6.07, 6.45) is 1.87. The summed E-state index contributed by atoms with van der Waals surface area (Å²) in [4.78, 5) is 20.1. The molecule has 92 valence electrons. The van der Waals surface area contributed by atoms with E-state index in [0.717, 1.165) is 18.9 Å². The number of rotatable bonds is 3. The van der Waals surface area contributed by atoms with E-state index >= 15 is 0 Å². The van der Waals surface area contributed by atoms with Gasteiger partial charge in [0, 0.05) is 12.5 Å². The van der Waals surface area contributed by atoms with Gasteiger partial charge in [0.15, 0.2) is 0 Å². The van der Waals surface area contributed by atoms with Crippen LogP contribution >= 0.6 is 0 Å². The van der Waals surface area contributed by atoms with Crippen LogP contribution in [-0.4, -0.2) is 31.6 Å². The third-order valence-electron chi connectivity index (χ3n) is 1.59. The van der Waals surface area contributed by atoms with Crippen molar-refractivity contribution < 1.29 is 23.8 Å². The molecule has 1 atom stereocenters. The Hall–Kier alpha value is -1.56. The van der Waals surface area contributed by atoms with Gasteiger partial charge in [-0.2, -0.15) is 0 Å². The zero-order chi connectivity index (χ0) is 12.4. The van der Waals surface area contributed by atoms with Crippen LogP contribution in [0.1, 0.15) is 19.8 Å². The van der Waals surface area contributed by atoms with Crippen molar-refractivity contribution in [3.63, 3.8) is 0 Å². The highest BCUT2D eigenvalue weighted by molar-refractivity contribution is 5.81. The summed E-state index contributed by atoms with van der Waals surface area (Å²) in [5.74, 6) is -0.410. The first kappa shape index (κ1) is 14.4. The number of primary amides is 1. The Morgan fingerprint density at radius 3 is 2.62 bits per heavy atom. The van der Waals surface area contributed by atoms with Gasteiger partial charge in [0.05, 0.1) is 13.2 Å². The number of esters is 1. The minimum absolute atomic E-state index is 0.328. The SMILES string of the molecule is C=CC(=O)OC1CCCO1.CCOC(N)=O. The molecule has 1 amide bonds. The molecule has 2 N–H and O–H groups in total. The Morgan fingerprint density at radius 1 is 1.62 bits per heavy atom. The molecule has 1 rings (SSSR count). The van der Waals surface area contributed by atoms with Crippen LogP contribution in [0.4, 0.5) is 4.79 Å². The molecule has 0 aliphatic carbocycles. The number of nitrogens with two attached hydrogens (primary N) is 1. The van der Waals surface area contributed by atoms with Crippen molar-refractivity contribution in [3.05, 3.63) is 12.7 Å². The van der Waals surface area contributed by atoms with Gasteiger partial charge < -0.3 is 19.9 Å². The first-order chi connectivity index (χ1) is 7.60. The summed E-state index contributed by atoms with van der Waals surface area (Å²) in [7, 11) is 0. The Morgan fingerprint density at radius 2 is 2.31 bits per heavy atom. The summed E-state index contributed by atoms with van der Waals surface area (Å²) in [6.45, 7) is 6.02. The fourth-order valence-electron chi connectivity index (χ4n) is 0.961. The van der Waals surface area contributed by atoms with Crippen molar-refractivity contribution in [2.45, 2.75) is 26.1 Å². The monoisotopic (exact) mass is 231 g/mol. The van der Waals surface area contributed by atoms with E-state index in [1.54, 1.807) is 6.92 Å².